The largest absolute Gasteiger partial charge is 0.395 e. The highest BCUT2D eigenvalue weighted by atomic mass is 32.2. The summed E-state index contributed by atoms with van der Waals surface area (Å²) in [6.45, 7) is 4.17. The van der Waals surface area contributed by atoms with Crippen LogP contribution in [0.1, 0.15) is 13.3 Å². The zero-order valence-electron chi connectivity index (χ0n) is 10.4. The number of sulfone groups is 1. The Morgan fingerprint density at radius 2 is 2.06 bits per heavy atom. The van der Waals surface area contributed by atoms with E-state index >= 15 is 0 Å². The van der Waals surface area contributed by atoms with Gasteiger partial charge in [-0.15, -0.1) is 0 Å². The molecule has 0 fully saturated rings. The Kier molecular flexibility index (Phi) is 7.91. The highest BCUT2D eigenvalue weighted by Crippen LogP contribution is 1.92. The lowest BCUT2D eigenvalue weighted by Gasteiger charge is -2.23. The summed E-state index contributed by atoms with van der Waals surface area (Å²) in [6.07, 6.45) is 2.25. The Bertz CT molecular complexity index is 267. The number of rotatable bonds is 9. The van der Waals surface area contributed by atoms with Crippen LogP contribution in [0.25, 0.3) is 0 Å². The number of hydrogen-bond acceptors (Lipinski definition) is 5. The second-order valence-electron chi connectivity index (χ2n) is 4.23. The van der Waals surface area contributed by atoms with Crippen LogP contribution in [-0.4, -0.2) is 69.8 Å². The molecule has 6 heteroatoms. The van der Waals surface area contributed by atoms with Crippen molar-refractivity contribution in [1.82, 2.24) is 10.2 Å². The third-order valence-electron chi connectivity index (χ3n) is 2.28. The van der Waals surface area contributed by atoms with Crippen molar-refractivity contribution in [1.29, 1.82) is 0 Å². The van der Waals surface area contributed by atoms with Crippen molar-refractivity contribution in [2.45, 2.75) is 19.4 Å². The predicted molar refractivity (Wildman–Crippen MR) is 66.4 cm³/mol. The summed E-state index contributed by atoms with van der Waals surface area (Å²) < 4.78 is 21.9. The SMILES string of the molecule is CCCNC(CO)CN(C)CCS(C)(=O)=O. The summed E-state index contributed by atoms with van der Waals surface area (Å²) in [5, 5.41) is 12.3. The molecule has 5 nitrogen and oxygen atoms in total. The first kappa shape index (κ1) is 15.8. The van der Waals surface area contributed by atoms with Crippen LogP contribution in [0, 0.1) is 0 Å². The molecule has 98 valence electrons. The summed E-state index contributed by atoms with van der Waals surface area (Å²) in [5.41, 5.74) is 0. The number of nitrogens with zero attached hydrogens (tertiary/aromatic N) is 1. The minimum atomic E-state index is -2.90. The number of hydrogen-bond donors (Lipinski definition) is 2. The Balaban J connectivity index is 3.86. The molecule has 0 spiro atoms. The zero-order valence-corrected chi connectivity index (χ0v) is 11.3. The van der Waals surface area contributed by atoms with Crippen molar-refractivity contribution in [3.8, 4) is 0 Å². The second kappa shape index (κ2) is 8.00. The summed E-state index contributed by atoms with van der Waals surface area (Å²) in [4.78, 5) is 1.92. The quantitative estimate of drug-likeness (QED) is 0.569. The fourth-order valence-electron chi connectivity index (χ4n) is 1.32. The van der Waals surface area contributed by atoms with Gasteiger partial charge in [-0.1, -0.05) is 6.92 Å². The van der Waals surface area contributed by atoms with Gasteiger partial charge in [-0.2, -0.15) is 0 Å². The van der Waals surface area contributed by atoms with Crippen LogP contribution in [-0.2, 0) is 9.84 Å². The standard InChI is InChI=1S/C10H24N2O3S/c1-4-5-11-10(9-13)8-12(2)6-7-16(3,14)15/h10-11,13H,4-9H2,1-3H3. The number of aliphatic hydroxyl groups excluding tert-OH is 1. The van der Waals surface area contributed by atoms with Gasteiger partial charge in [0, 0.05) is 25.4 Å². The molecule has 1 unspecified atom stereocenters. The molecule has 0 aliphatic carbocycles. The maximum atomic E-state index is 11.0. The molecule has 1 atom stereocenters. The molecular weight excluding hydrogens is 228 g/mol. The molecule has 0 heterocycles. The Labute approximate surface area is 98.8 Å². The van der Waals surface area contributed by atoms with E-state index < -0.39 is 9.84 Å². The van der Waals surface area contributed by atoms with E-state index in [4.69, 9.17) is 5.11 Å². The van der Waals surface area contributed by atoms with E-state index in [0.717, 1.165) is 13.0 Å². The second-order valence-corrected chi connectivity index (χ2v) is 6.49. The first-order chi connectivity index (χ1) is 7.39. The van der Waals surface area contributed by atoms with Gasteiger partial charge in [0.15, 0.2) is 0 Å². The Hall–Kier alpha value is -0.170. The monoisotopic (exact) mass is 252 g/mol. The zero-order chi connectivity index (χ0) is 12.6. The van der Waals surface area contributed by atoms with Gasteiger partial charge in [-0.05, 0) is 20.0 Å². The highest BCUT2D eigenvalue weighted by Gasteiger charge is 2.11. The molecule has 0 amide bonds. The van der Waals surface area contributed by atoms with Gasteiger partial charge in [0.1, 0.15) is 9.84 Å². The van der Waals surface area contributed by atoms with Crippen molar-refractivity contribution >= 4 is 9.84 Å². The molecule has 16 heavy (non-hydrogen) atoms. The highest BCUT2D eigenvalue weighted by molar-refractivity contribution is 7.90. The molecule has 0 radical (unpaired) electrons. The molecule has 0 rings (SSSR count). The normalized spacial score (nSPS) is 14.3. The van der Waals surface area contributed by atoms with E-state index in [1.54, 1.807) is 0 Å². The van der Waals surface area contributed by atoms with Gasteiger partial charge >= 0.3 is 0 Å². The molecule has 0 aliphatic heterocycles. The molecule has 0 aromatic carbocycles. The lowest BCUT2D eigenvalue weighted by molar-refractivity contribution is 0.202. The molecule has 2 N–H and O–H groups in total. The summed E-state index contributed by atoms with van der Waals surface area (Å²) in [6, 6.07) is 0.0181. The molecule has 0 aliphatic rings. The minimum Gasteiger partial charge on any atom is -0.395 e. The third-order valence-corrected chi connectivity index (χ3v) is 3.20. The van der Waals surface area contributed by atoms with Gasteiger partial charge in [0.2, 0.25) is 0 Å². The van der Waals surface area contributed by atoms with Crippen LogP contribution >= 0.6 is 0 Å². The molecule has 0 saturated heterocycles. The average molecular weight is 252 g/mol. The minimum absolute atomic E-state index is 0.0181. The summed E-state index contributed by atoms with van der Waals surface area (Å²) in [7, 11) is -1.04. The van der Waals surface area contributed by atoms with E-state index in [2.05, 4.69) is 12.2 Å². The average Bonchev–Trinajstić information content (AvgIpc) is 2.20. The number of nitrogens with one attached hydrogen (secondary N) is 1. The first-order valence-corrected chi connectivity index (χ1v) is 7.65. The van der Waals surface area contributed by atoms with Crippen LogP contribution in [0.15, 0.2) is 0 Å². The maximum absolute atomic E-state index is 11.0. The molecule has 0 bridgehead atoms. The van der Waals surface area contributed by atoms with Crippen LogP contribution < -0.4 is 5.32 Å². The first-order valence-electron chi connectivity index (χ1n) is 5.59. The number of aliphatic hydroxyl groups is 1. The van der Waals surface area contributed by atoms with Gasteiger partial charge in [-0.3, -0.25) is 0 Å². The smallest absolute Gasteiger partial charge is 0.148 e. The fraction of sp³-hybridized carbons (Fsp3) is 1.00. The van der Waals surface area contributed by atoms with Crippen LogP contribution in [0.5, 0.6) is 0 Å². The third kappa shape index (κ3) is 9.08. The van der Waals surface area contributed by atoms with Gasteiger partial charge in [0.05, 0.1) is 12.4 Å². The predicted octanol–water partition coefficient (Wildman–Crippen LogP) is -0.677. The van der Waals surface area contributed by atoms with Crippen molar-refractivity contribution in [2.75, 3.05) is 45.3 Å². The lowest BCUT2D eigenvalue weighted by Crippen LogP contribution is -2.43. The van der Waals surface area contributed by atoms with Gasteiger partial charge in [-0.25, -0.2) is 8.42 Å². The summed E-state index contributed by atoms with van der Waals surface area (Å²) >= 11 is 0. The topological polar surface area (TPSA) is 69.6 Å². The lowest BCUT2D eigenvalue weighted by atomic mass is 10.3. The fourth-order valence-corrected chi connectivity index (χ4v) is 1.97. The van der Waals surface area contributed by atoms with Crippen LogP contribution in [0.4, 0.5) is 0 Å². The van der Waals surface area contributed by atoms with E-state index in [0.29, 0.717) is 13.1 Å². The van der Waals surface area contributed by atoms with Crippen molar-refractivity contribution < 1.29 is 13.5 Å². The molecule has 0 aromatic heterocycles. The van der Waals surface area contributed by atoms with E-state index in [9.17, 15) is 8.42 Å². The molecular formula is C10H24N2O3S. The van der Waals surface area contributed by atoms with E-state index in [-0.39, 0.29) is 18.4 Å². The summed E-state index contributed by atoms with van der Waals surface area (Å²) in [5.74, 6) is 0.162. The van der Waals surface area contributed by atoms with Crippen molar-refractivity contribution in [2.24, 2.45) is 0 Å². The van der Waals surface area contributed by atoms with E-state index in [1.807, 2.05) is 11.9 Å². The van der Waals surface area contributed by atoms with E-state index in [1.165, 1.54) is 6.26 Å². The van der Waals surface area contributed by atoms with Gasteiger partial charge < -0.3 is 15.3 Å². The number of likely N-dealkylation sites (N-methyl/N-ethyl adjacent to an activating group) is 1. The van der Waals surface area contributed by atoms with Crippen LogP contribution in [0.2, 0.25) is 0 Å². The van der Waals surface area contributed by atoms with Crippen molar-refractivity contribution in [3.05, 3.63) is 0 Å². The Morgan fingerprint density at radius 1 is 1.44 bits per heavy atom. The Morgan fingerprint density at radius 3 is 2.50 bits per heavy atom. The molecule has 0 saturated carbocycles. The van der Waals surface area contributed by atoms with Crippen LogP contribution in [0.3, 0.4) is 0 Å². The van der Waals surface area contributed by atoms with Crippen molar-refractivity contribution in [3.63, 3.8) is 0 Å². The molecule has 0 aromatic rings. The maximum Gasteiger partial charge on any atom is 0.148 e. The van der Waals surface area contributed by atoms with Gasteiger partial charge in [0.25, 0.3) is 0 Å².